The molecule has 6 heteroatoms. The van der Waals surface area contributed by atoms with E-state index in [1.54, 1.807) is 29.2 Å². The molecule has 1 saturated heterocycles. The van der Waals surface area contributed by atoms with E-state index >= 15 is 4.39 Å². The fourth-order valence-corrected chi connectivity index (χ4v) is 4.73. The predicted octanol–water partition coefficient (Wildman–Crippen LogP) is 5.35. The van der Waals surface area contributed by atoms with E-state index in [0.29, 0.717) is 38.4 Å². The molecule has 3 aromatic carbocycles. The lowest BCUT2D eigenvalue weighted by Crippen LogP contribution is -2.41. The van der Waals surface area contributed by atoms with Crippen LogP contribution in [0.15, 0.2) is 79.0 Å². The molecule has 0 N–H and O–H groups in total. The molecule has 0 unspecified atom stereocenters. The molecule has 5 rings (SSSR count). The van der Waals surface area contributed by atoms with Gasteiger partial charge in [-0.25, -0.2) is 8.78 Å². The Morgan fingerprint density at radius 1 is 0.882 bits per heavy atom. The molecule has 1 amide bonds. The highest BCUT2D eigenvalue weighted by Gasteiger charge is 2.27. The van der Waals surface area contributed by atoms with Gasteiger partial charge >= 0.3 is 0 Å². The van der Waals surface area contributed by atoms with Gasteiger partial charge in [-0.2, -0.15) is 0 Å². The number of halogens is 2. The van der Waals surface area contributed by atoms with E-state index < -0.39 is 5.92 Å². The zero-order chi connectivity index (χ0) is 23.5. The molecule has 34 heavy (non-hydrogen) atoms. The maximum atomic E-state index is 15.0. The highest BCUT2D eigenvalue weighted by atomic mass is 19.1. The maximum absolute atomic E-state index is 15.0. The van der Waals surface area contributed by atoms with Gasteiger partial charge in [0.2, 0.25) is 5.91 Å². The summed E-state index contributed by atoms with van der Waals surface area (Å²) in [6, 6.07) is 21.1. The molecule has 0 bridgehead atoms. The molecule has 2 heterocycles. The van der Waals surface area contributed by atoms with Gasteiger partial charge in [-0.05, 0) is 41.0 Å². The van der Waals surface area contributed by atoms with Crippen LogP contribution in [0.5, 0.6) is 0 Å². The van der Waals surface area contributed by atoms with Crippen molar-refractivity contribution in [2.75, 3.05) is 26.3 Å². The van der Waals surface area contributed by atoms with E-state index in [2.05, 4.69) is 4.57 Å². The van der Waals surface area contributed by atoms with Crippen molar-refractivity contribution in [3.8, 4) is 0 Å². The van der Waals surface area contributed by atoms with Gasteiger partial charge in [-0.1, -0.05) is 48.5 Å². The van der Waals surface area contributed by atoms with E-state index in [-0.39, 0.29) is 24.0 Å². The molecule has 0 radical (unpaired) electrons. The minimum absolute atomic E-state index is 0.00748. The molecule has 174 valence electrons. The number of ether oxygens (including phenoxy) is 1. The van der Waals surface area contributed by atoms with Crippen molar-refractivity contribution < 1.29 is 18.3 Å². The lowest BCUT2D eigenvalue weighted by atomic mass is 9.87. The highest BCUT2D eigenvalue weighted by Crippen LogP contribution is 2.36. The van der Waals surface area contributed by atoms with E-state index in [9.17, 15) is 9.18 Å². The highest BCUT2D eigenvalue weighted by molar-refractivity contribution is 5.87. The van der Waals surface area contributed by atoms with Gasteiger partial charge in [0.1, 0.15) is 11.6 Å². The second-order valence-electron chi connectivity index (χ2n) is 8.63. The Balaban J connectivity index is 1.57. The molecule has 1 aromatic heterocycles. The van der Waals surface area contributed by atoms with Crippen molar-refractivity contribution >= 4 is 16.8 Å². The molecule has 1 atom stereocenters. The minimum Gasteiger partial charge on any atom is -0.378 e. The molecule has 1 fully saturated rings. The fourth-order valence-electron chi connectivity index (χ4n) is 4.73. The van der Waals surface area contributed by atoms with Gasteiger partial charge in [0.05, 0.1) is 13.2 Å². The smallest absolute Gasteiger partial charge is 0.223 e. The molecule has 1 aliphatic rings. The van der Waals surface area contributed by atoms with Crippen molar-refractivity contribution in [3.05, 3.63) is 107 Å². The van der Waals surface area contributed by atoms with Gasteiger partial charge in [-0.15, -0.1) is 0 Å². The number of aromatic nitrogens is 1. The lowest BCUT2D eigenvalue weighted by Gasteiger charge is -2.28. The number of nitrogens with zero attached hydrogens (tertiary/aromatic N) is 2. The van der Waals surface area contributed by atoms with Gasteiger partial charge in [-0.3, -0.25) is 4.79 Å². The molecule has 0 spiro atoms. The number of carbonyl (C=O) groups excluding carboxylic acids is 1. The van der Waals surface area contributed by atoms with E-state index in [1.165, 1.54) is 18.2 Å². The average molecular weight is 461 g/mol. The Kier molecular flexibility index (Phi) is 6.41. The van der Waals surface area contributed by atoms with Crippen LogP contribution in [0.25, 0.3) is 10.9 Å². The van der Waals surface area contributed by atoms with Gasteiger partial charge in [0, 0.05) is 49.1 Å². The van der Waals surface area contributed by atoms with E-state index in [0.717, 1.165) is 22.0 Å². The molecule has 4 nitrogen and oxygen atoms in total. The normalized spacial score (nSPS) is 14.9. The van der Waals surface area contributed by atoms with Crippen molar-refractivity contribution in [3.63, 3.8) is 0 Å². The van der Waals surface area contributed by atoms with Crippen LogP contribution in [0.4, 0.5) is 8.78 Å². The molecule has 4 aromatic rings. The Hall–Kier alpha value is -3.51. The second kappa shape index (κ2) is 9.77. The van der Waals surface area contributed by atoms with Crippen LogP contribution in [-0.2, 0) is 16.1 Å². The van der Waals surface area contributed by atoms with Crippen LogP contribution in [0.2, 0.25) is 0 Å². The fraction of sp³-hybridized carbons (Fsp3) is 0.250. The second-order valence-corrected chi connectivity index (χ2v) is 8.63. The number of fused-ring (bicyclic) bond motifs is 1. The summed E-state index contributed by atoms with van der Waals surface area (Å²) in [5, 5.41) is 0.979. The van der Waals surface area contributed by atoms with Crippen LogP contribution < -0.4 is 0 Å². The first-order valence-electron chi connectivity index (χ1n) is 11.5. The SMILES string of the molecule is O=C(C[C@@H](c1ccccc1F)c1cn(Cc2ccc(F)cc2)c2ccccc12)N1CCOCC1. The summed E-state index contributed by atoms with van der Waals surface area (Å²) in [5.74, 6) is -1.04. The Labute approximate surface area is 197 Å². The quantitative estimate of drug-likeness (QED) is 0.389. The zero-order valence-electron chi connectivity index (χ0n) is 18.8. The third-order valence-electron chi connectivity index (χ3n) is 6.48. The number of para-hydroxylation sites is 1. The van der Waals surface area contributed by atoms with Crippen molar-refractivity contribution in [2.45, 2.75) is 18.9 Å². The largest absolute Gasteiger partial charge is 0.378 e. The Bertz CT molecular complexity index is 1290. The molecule has 0 saturated carbocycles. The van der Waals surface area contributed by atoms with Crippen molar-refractivity contribution in [2.24, 2.45) is 0 Å². The summed E-state index contributed by atoms with van der Waals surface area (Å²) < 4.78 is 35.9. The average Bonchev–Trinajstić information content (AvgIpc) is 3.23. The summed E-state index contributed by atoms with van der Waals surface area (Å²) in [4.78, 5) is 15.0. The summed E-state index contributed by atoms with van der Waals surface area (Å²) in [5.41, 5.74) is 3.36. The van der Waals surface area contributed by atoms with Crippen LogP contribution in [0, 0.1) is 11.6 Å². The maximum Gasteiger partial charge on any atom is 0.223 e. The minimum atomic E-state index is -0.434. The number of morpholine rings is 1. The number of hydrogen-bond donors (Lipinski definition) is 0. The van der Waals surface area contributed by atoms with Crippen LogP contribution >= 0.6 is 0 Å². The molecule has 0 aliphatic carbocycles. The third-order valence-corrected chi connectivity index (χ3v) is 6.48. The molecular formula is C28H26F2N2O2. The number of rotatable bonds is 6. The number of benzene rings is 3. The van der Waals surface area contributed by atoms with Crippen molar-refractivity contribution in [1.82, 2.24) is 9.47 Å². The van der Waals surface area contributed by atoms with E-state index in [1.807, 2.05) is 36.5 Å². The monoisotopic (exact) mass is 460 g/mol. The lowest BCUT2D eigenvalue weighted by molar-refractivity contribution is -0.135. The standard InChI is InChI=1S/C28H26F2N2O2/c29-21-11-9-20(10-12-21)18-32-19-25(23-6-2-4-8-27(23)32)24(22-5-1-3-7-26(22)30)17-28(33)31-13-15-34-16-14-31/h1-12,19,24H,13-18H2/t24-/m0/s1. The van der Waals surface area contributed by atoms with Crippen LogP contribution in [0.3, 0.4) is 0 Å². The van der Waals surface area contributed by atoms with Crippen LogP contribution in [0.1, 0.15) is 29.0 Å². The third kappa shape index (κ3) is 4.59. The Morgan fingerprint density at radius 2 is 1.59 bits per heavy atom. The summed E-state index contributed by atoms with van der Waals surface area (Å²) in [7, 11) is 0. The first kappa shape index (κ1) is 22.3. The van der Waals surface area contributed by atoms with Gasteiger partial charge in [0.25, 0.3) is 0 Å². The van der Waals surface area contributed by atoms with Gasteiger partial charge in [0.15, 0.2) is 0 Å². The van der Waals surface area contributed by atoms with Crippen LogP contribution in [-0.4, -0.2) is 41.7 Å². The Morgan fingerprint density at radius 3 is 2.35 bits per heavy atom. The summed E-state index contributed by atoms with van der Waals surface area (Å²) >= 11 is 0. The first-order valence-corrected chi connectivity index (χ1v) is 11.5. The summed E-state index contributed by atoms with van der Waals surface area (Å²) in [6.07, 6.45) is 2.18. The topological polar surface area (TPSA) is 34.5 Å². The van der Waals surface area contributed by atoms with Crippen molar-refractivity contribution in [1.29, 1.82) is 0 Å². The number of carbonyl (C=O) groups is 1. The molecule has 1 aliphatic heterocycles. The number of hydrogen-bond acceptors (Lipinski definition) is 2. The molecular weight excluding hydrogens is 434 g/mol. The predicted molar refractivity (Wildman–Crippen MR) is 128 cm³/mol. The first-order chi connectivity index (χ1) is 16.6. The summed E-state index contributed by atoms with van der Waals surface area (Å²) in [6.45, 7) is 2.69. The number of amides is 1. The van der Waals surface area contributed by atoms with E-state index in [4.69, 9.17) is 4.74 Å². The van der Waals surface area contributed by atoms with Gasteiger partial charge < -0.3 is 14.2 Å². The zero-order valence-corrected chi connectivity index (χ0v) is 18.8.